The number of carbonyl (C=O) groups excluding carboxylic acids is 2. The van der Waals surface area contributed by atoms with Gasteiger partial charge in [-0.05, 0) is 43.9 Å². The van der Waals surface area contributed by atoms with Gasteiger partial charge in [0.15, 0.2) is 0 Å². The van der Waals surface area contributed by atoms with E-state index in [0.29, 0.717) is 29.1 Å². The molecule has 3 rings (SSSR count). The molecule has 1 saturated heterocycles. The van der Waals surface area contributed by atoms with Crippen molar-refractivity contribution in [1.82, 2.24) is 9.80 Å². The number of hydrogen-bond donors (Lipinski definition) is 1. The zero-order valence-corrected chi connectivity index (χ0v) is 16.9. The maximum atomic E-state index is 13.0. The third-order valence-electron chi connectivity index (χ3n) is 5.18. The highest BCUT2D eigenvalue weighted by Gasteiger charge is 2.23. The van der Waals surface area contributed by atoms with Crippen LogP contribution in [0.25, 0.3) is 6.08 Å². The Hall–Kier alpha value is -2.63. The fourth-order valence-electron chi connectivity index (χ4n) is 3.82. The summed E-state index contributed by atoms with van der Waals surface area (Å²) in [5.41, 5.74) is 8.88. The van der Waals surface area contributed by atoms with Crippen LogP contribution in [-0.2, 0) is 4.79 Å². The molecule has 1 fully saturated rings. The first kappa shape index (κ1) is 20.1. The topological polar surface area (TPSA) is 79.0 Å². The Bertz CT molecular complexity index is 801. The van der Waals surface area contributed by atoms with Crippen LogP contribution < -0.4 is 5.73 Å². The lowest BCUT2D eigenvalue weighted by atomic mass is 10.0. The van der Waals surface area contributed by atoms with Gasteiger partial charge in [0.25, 0.3) is 5.91 Å². The van der Waals surface area contributed by atoms with Crippen molar-refractivity contribution in [3.8, 4) is 0 Å². The summed E-state index contributed by atoms with van der Waals surface area (Å²) in [5, 5.41) is 0. The number of amides is 2. The molecular formula is C22H30N4O2. The zero-order chi connectivity index (χ0) is 20.1. The summed E-state index contributed by atoms with van der Waals surface area (Å²) in [6.07, 6.45) is 6.16. The molecule has 0 radical (unpaired) electrons. The number of fused-ring (bicyclic) bond motifs is 1. The second-order valence-electron chi connectivity index (χ2n) is 7.51. The minimum absolute atomic E-state index is 0.0203. The number of amidine groups is 1. The second kappa shape index (κ2) is 9.04. The van der Waals surface area contributed by atoms with Crippen LogP contribution in [0.5, 0.6) is 0 Å². The zero-order valence-electron chi connectivity index (χ0n) is 16.9. The van der Waals surface area contributed by atoms with Crippen molar-refractivity contribution in [3.05, 3.63) is 34.9 Å². The van der Waals surface area contributed by atoms with E-state index in [1.165, 1.54) is 0 Å². The minimum atomic E-state index is 0.0203. The average Bonchev–Trinajstić information content (AvgIpc) is 3.16. The molecule has 0 saturated carbocycles. The molecule has 2 amide bonds. The monoisotopic (exact) mass is 382 g/mol. The molecule has 0 atom stereocenters. The molecule has 2 aliphatic heterocycles. The normalized spacial score (nSPS) is 16.1. The van der Waals surface area contributed by atoms with Gasteiger partial charge in [-0.25, -0.2) is 4.99 Å². The van der Waals surface area contributed by atoms with Crippen molar-refractivity contribution in [3.63, 3.8) is 0 Å². The predicted molar refractivity (Wildman–Crippen MR) is 113 cm³/mol. The van der Waals surface area contributed by atoms with Gasteiger partial charge in [0.05, 0.1) is 5.69 Å². The quantitative estimate of drug-likeness (QED) is 0.819. The molecule has 6 heteroatoms. The molecule has 0 spiro atoms. The Morgan fingerprint density at radius 2 is 1.82 bits per heavy atom. The number of rotatable bonds is 6. The third kappa shape index (κ3) is 4.43. The summed E-state index contributed by atoms with van der Waals surface area (Å²) in [5.74, 6) is 0.458. The van der Waals surface area contributed by atoms with Crippen molar-refractivity contribution in [1.29, 1.82) is 0 Å². The van der Waals surface area contributed by atoms with Crippen LogP contribution in [0.2, 0.25) is 0 Å². The lowest BCUT2D eigenvalue weighted by Crippen LogP contribution is -2.34. The fraction of sp³-hybridized carbons (Fsp3) is 0.500. The van der Waals surface area contributed by atoms with Crippen LogP contribution in [0.4, 0.5) is 5.69 Å². The Morgan fingerprint density at radius 3 is 2.46 bits per heavy atom. The number of nitrogens with two attached hydrogens (primary N) is 1. The highest BCUT2D eigenvalue weighted by Crippen LogP contribution is 2.29. The van der Waals surface area contributed by atoms with Crippen LogP contribution in [0.3, 0.4) is 0 Å². The highest BCUT2D eigenvalue weighted by atomic mass is 16.2. The summed E-state index contributed by atoms with van der Waals surface area (Å²) in [7, 11) is 0. The van der Waals surface area contributed by atoms with Gasteiger partial charge in [-0.15, -0.1) is 0 Å². The fourth-order valence-corrected chi connectivity index (χ4v) is 3.82. The molecule has 0 unspecified atom stereocenters. The summed E-state index contributed by atoms with van der Waals surface area (Å²) in [6.45, 7) is 7.23. The maximum Gasteiger partial charge on any atom is 0.253 e. The molecule has 0 aromatic heterocycles. The average molecular weight is 383 g/mol. The number of nitrogens with zero attached hydrogens (tertiary/aromatic N) is 3. The lowest BCUT2D eigenvalue weighted by molar-refractivity contribution is -0.127. The maximum absolute atomic E-state index is 13.0. The highest BCUT2D eigenvalue weighted by molar-refractivity contribution is 6.06. The van der Waals surface area contributed by atoms with E-state index in [9.17, 15) is 9.59 Å². The molecular weight excluding hydrogens is 352 g/mol. The van der Waals surface area contributed by atoms with E-state index in [1.54, 1.807) is 6.07 Å². The van der Waals surface area contributed by atoms with Gasteiger partial charge in [0, 0.05) is 49.3 Å². The van der Waals surface area contributed by atoms with E-state index < -0.39 is 0 Å². The molecule has 1 aromatic rings. The number of likely N-dealkylation sites (tertiary alicyclic amines) is 1. The summed E-state index contributed by atoms with van der Waals surface area (Å²) < 4.78 is 0. The Labute approximate surface area is 167 Å². The van der Waals surface area contributed by atoms with Crippen molar-refractivity contribution in [2.45, 2.75) is 46.0 Å². The largest absolute Gasteiger partial charge is 0.387 e. The smallest absolute Gasteiger partial charge is 0.253 e. The summed E-state index contributed by atoms with van der Waals surface area (Å²) in [4.78, 5) is 34.0. The number of benzene rings is 1. The molecule has 1 aromatic carbocycles. The molecule has 2 heterocycles. The van der Waals surface area contributed by atoms with Gasteiger partial charge in [0.1, 0.15) is 5.84 Å². The first-order valence-corrected chi connectivity index (χ1v) is 10.3. The predicted octanol–water partition coefficient (Wildman–Crippen LogP) is 3.35. The Kier molecular flexibility index (Phi) is 6.49. The van der Waals surface area contributed by atoms with E-state index in [0.717, 1.165) is 57.4 Å². The molecule has 2 aliphatic rings. The standard InChI is InChI=1S/C22H30N4O2/c1-3-9-25(10-4-2)22(28)18-13-16-7-8-17(14-19(16)24-20(23)15-18)21(27)26-11-5-6-12-26/h7-8,13-14H,3-6,9-12,15H2,1-2H3,(H2,23,24). The van der Waals surface area contributed by atoms with Crippen molar-refractivity contribution in [2.24, 2.45) is 10.7 Å². The lowest BCUT2D eigenvalue weighted by Gasteiger charge is -2.22. The second-order valence-corrected chi connectivity index (χ2v) is 7.51. The van der Waals surface area contributed by atoms with E-state index in [2.05, 4.69) is 18.8 Å². The van der Waals surface area contributed by atoms with E-state index in [4.69, 9.17) is 5.73 Å². The molecule has 2 N–H and O–H groups in total. The van der Waals surface area contributed by atoms with Gasteiger partial charge in [-0.1, -0.05) is 19.9 Å². The summed E-state index contributed by atoms with van der Waals surface area (Å²) in [6, 6.07) is 5.49. The molecule has 28 heavy (non-hydrogen) atoms. The van der Waals surface area contributed by atoms with Gasteiger partial charge < -0.3 is 15.5 Å². The molecule has 150 valence electrons. The molecule has 6 nitrogen and oxygen atoms in total. The Balaban J connectivity index is 1.89. The van der Waals surface area contributed by atoms with E-state index in [1.807, 2.05) is 28.0 Å². The number of aliphatic imine (C=N–C) groups is 1. The first-order valence-electron chi connectivity index (χ1n) is 10.3. The van der Waals surface area contributed by atoms with Crippen LogP contribution in [0.1, 0.15) is 61.9 Å². The van der Waals surface area contributed by atoms with Crippen LogP contribution in [-0.4, -0.2) is 53.6 Å². The number of hydrogen-bond acceptors (Lipinski definition) is 4. The van der Waals surface area contributed by atoms with Crippen LogP contribution in [0, 0.1) is 0 Å². The van der Waals surface area contributed by atoms with Gasteiger partial charge in [-0.3, -0.25) is 9.59 Å². The van der Waals surface area contributed by atoms with E-state index >= 15 is 0 Å². The first-order chi connectivity index (χ1) is 13.5. The van der Waals surface area contributed by atoms with Gasteiger partial charge >= 0.3 is 0 Å². The van der Waals surface area contributed by atoms with Crippen molar-refractivity contribution < 1.29 is 9.59 Å². The summed E-state index contributed by atoms with van der Waals surface area (Å²) >= 11 is 0. The van der Waals surface area contributed by atoms with E-state index in [-0.39, 0.29) is 11.8 Å². The van der Waals surface area contributed by atoms with Gasteiger partial charge in [0.2, 0.25) is 5.91 Å². The third-order valence-corrected chi connectivity index (χ3v) is 5.18. The van der Waals surface area contributed by atoms with Gasteiger partial charge in [-0.2, -0.15) is 0 Å². The number of carbonyl (C=O) groups is 2. The van der Waals surface area contributed by atoms with Crippen LogP contribution >= 0.6 is 0 Å². The molecule has 0 aliphatic carbocycles. The van der Waals surface area contributed by atoms with Crippen LogP contribution in [0.15, 0.2) is 28.8 Å². The SMILES string of the molecule is CCCN(CCC)C(=O)C1=Cc2ccc(C(=O)N3CCCC3)cc2N=C(N)C1. The van der Waals surface area contributed by atoms with Crippen molar-refractivity contribution in [2.75, 3.05) is 26.2 Å². The molecule has 0 bridgehead atoms. The Morgan fingerprint density at radius 1 is 1.14 bits per heavy atom. The van der Waals surface area contributed by atoms with Crippen molar-refractivity contribution >= 4 is 29.4 Å². The minimum Gasteiger partial charge on any atom is -0.387 e.